The van der Waals surface area contributed by atoms with Crippen LogP contribution in [0.5, 0.6) is 0 Å². The highest BCUT2D eigenvalue weighted by Gasteiger charge is 2.56. The van der Waals surface area contributed by atoms with Crippen LogP contribution in [0.4, 0.5) is 0 Å². The molecule has 0 spiro atoms. The fourth-order valence-corrected chi connectivity index (χ4v) is 30.3. The number of hydrogen-bond acceptors (Lipinski definition) is 4. The van der Waals surface area contributed by atoms with Gasteiger partial charge in [-0.25, -0.2) is 0 Å². The van der Waals surface area contributed by atoms with Crippen molar-refractivity contribution in [3.63, 3.8) is 0 Å². The minimum Gasteiger partial charge on any atom is -0.416 e. The minimum absolute atomic E-state index is 1.04. The number of rotatable bonds is 28. The number of hydrogen-bond donors (Lipinski definition) is 0. The van der Waals surface area contributed by atoms with Crippen LogP contribution in [0.25, 0.3) is 0 Å². The molecular weight excluding hydrogens is 609 g/mol. The Morgan fingerprint density at radius 3 is 0.682 bits per heavy atom. The first kappa shape index (κ1) is 41.7. The molecule has 0 unspecified atom stereocenters. The topological polar surface area (TPSA) is 36.9 Å². The summed E-state index contributed by atoms with van der Waals surface area (Å²) < 4.78 is 29.6. The zero-order valence-electron chi connectivity index (χ0n) is 29.7. The van der Waals surface area contributed by atoms with E-state index in [9.17, 15) is 0 Å². The van der Waals surface area contributed by atoms with Crippen LogP contribution in [0.2, 0.25) is 50.4 Å². The summed E-state index contributed by atoms with van der Waals surface area (Å²) in [4.78, 5) is 0. The molecule has 0 atom stereocenters. The van der Waals surface area contributed by atoms with Gasteiger partial charge in [0.15, 0.2) is 0 Å². The van der Waals surface area contributed by atoms with Gasteiger partial charge in [-0.2, -0.15) is 0 Å². The molecule has 0 aromatic heterocycles. The molecule has 1 heterocycles. The Hall–Kier alpha value is -0.332. The maximum Gasteiger partial charge on any atom is 0.317 e. The first-order valence-electron chi connectivity index (χ1n) is 18.3. The van der Waals surface area contributed by atoms with Crippen molar-refractivity contribution < 1.29 is 16.5 Å². The fraction of sp³-hybridized carbons (Fsp3) is 0.778. The van der Waals surface area contributed by atoms with Gasteiger partial charge in [0, 0.05) is 0 Å². The molecule has 256 valence electrons. The van der Waals surface area contributed by atoms with Crippen LogP contribution >= 0.6 is 0 Å². The quantitative estimate of drug-likeness (QED) is 0.0468. The van der Waals surface area contributed by atoms with E-state index in [2.05, 4.69) is 52.5 Å². The van der Waals surface area contributed by atoms with E-state index in [1.807, 2.05) is 24.3 Å². The molecule has 1 rings (SSSR count). The SMILES string of the molecule is C=CCCCCCC[Si]1(C)O[Si](C)(CCCCCCC=C)O[Si](C)(CCCCCCC=C)O[Si](C)(CCCCCCC=C)O1. The molecule has 0 aromatic carbocycles. The molecule has 1 aliphatic heterocycles. The number of allylic oxidation sites excluding steroid dienone is 4. The van der Waals surface area contributed by atoms with Crippen molar-refractivity contribution in [2.45, 2.75) is 179 Å². The van der Waals surface area contributed by atoms with Crippen LogP contribution < -0.4 is 0 Å². The second-order valence-corrected chi connectivity index (χ2v) is 28.2. The smallest absolute Gasteiger partial charge is 0.317 e. The van der Waals surface area contributed by atoms with E-state index in [-0.39, 0.29) is 0 Å². The summed E-state index contributed by atoms with van der Waals surface area (Å²) in [5.74, 6) is 0. The molecule has 1 aliphatic rings. The second kappa shape index (κ2) is 23.9. The third-order valence-electron chi connectivity index (χ3n) is 8.88. The predicted molar refractivity (Wildman–Crippen MR) is 203 cm³/mol. The molecule has 1 fully saturated rings. The lowest BCUT2D eigenvalue weighted by Gasteiger charge is -2.50. The third kappa shape index (κ3) is 19.4. The summed E-state index contributed by atoms with van der Waals surface area (Å²) in [5, 5.41) is 0. The molecule has 0 bridgehead atoms. The van der Waals surface area contributed by atoms with Crippen molar-refractivity contribution in [3.8, 4) is 0 Å². The maximum absolute atomic E-state index is 7.40. The summed E-state index contributed by atoms with van der Waals surface area (Å²) in [6, 6.07) is 4.16. The largest absolute Gasteiger partial charge is 0.416 e. The average Bonchev–Trinajstić information content (AvgIpc) is 2.95. The van der Waals surface area contributed by atoms with Gasteiger partial charge in [0.1, 0.15) is 0 Å². The number of unbranched alkanes of at least 4 members (excludes halogenated alkanes) is 16. The van der Waals surface area contributed by atoms with Gasteiger partial charge in [-0.05, 0) is 102 Å². The monoisotopic (exact) mass is 680 g/mol. The van der Waals surface area contributed by atoms with Crippen molar-refractivity contribution in [1.29, 1.82) is 0 Å². The molecule has 0 radical (unpaired) electrons. The minimum atomic E-state index is -2.50. The van der Waals surface area contributed by atoms with E-state index in [4.69, 9.17) is 16.5 Å². The van der Waals surface area contributed by atoms with Crippen LogP contribution in [0.15, 0.2) is 50.6 Å². The lowest BCUT2D eigenvalue weighted by atomic mass is 10.1. The predicted octanol–water partition coefficient (Wildman–Crippen LogP) is 12.9. The van der Waals surface area contributed by atoms with Crippen LogP contribution in [0, 0.1) is 0 Å². The Kier molecular flexibility index (Phi) is 22.7. The van der Waals surface area contributed by atoms with Crippen LogP contribution in [-0.4, -0.2) is 34.2 Å². The highest BCUT2D eigenvalue weighted by Crippen LogP contribution is 2.39. The lowest BCUT2D eigenvalue weighted by Crippen LogP contribution is -2.67. The van der Waals surface area contributed by atoms with Crippen molar-refractivity contribution in [2.75, 3.05) is 0 Å². The molecule has 4 nitrogen and oxygen atoms in total. The standard InChI is InChI=1S/C36H72O4Si4/c1-9-13-17-21-25-29-33-41(5)37-42(6,34-30-26-22-18-14-10-2)39-44(8,36-32-28-24-20-16-12-4)40-43(7,38-41)35-31-27-23-19-15-11-3/h9-12H,1-4,13-36H2,5-8H3. The molecule has 44 heavy (non-hydrogen) atoms. The van der Waals surface area contributed by atoms with E-state index in [1.165, 1.54) is 77.0 Å². The van der Waals surface area contributed by atoms with E-state index >= 15 is 0 Å². The van der Waals surface area contributed by atoms with Gasteiger partial charge >= 0.3 is 34.2 Å². The highest BCUT2D eigenvalue weighted by atomic mass is 28.5. The van der Waals surface area contributed by atoms with Gasteiger partial charge in [-0.3, -0.25) is 0 Å². The van der Waals surface area contributed by atoms with Crippen molar-refractivity contribution in [1.82, 2.24) is 0 Å². The van der Waals surface area contributed by atoms with E-state index in [0.29, 0.717) is 0 Å². The van der Waals surface area contributed by atoms with Crippen LogP contribution in [0.1, 0.15) is 128 Å². The van der Waals surface area contributed by atoms with Gasteiger partial charge in [-0.15, -0.1) is 26.3 Å². The second-order valence-electron chi connectivity index (χ2n) is 13.9. The molecule has 1 saturated heterocycles. The Morgan fingerprint density at radius 1 is 0.318 bits per heavy atom. The Labute approximate surface area is 279 Å². The summed E-state index contributed by atoms with van der Waals surface area (Å²) in [7, 11) is -9.99. The molecule has 0 aliphatic carbocycles. The van der Waals surface area contributed by atoms with E-state index in [1.54, 1.807) is 0 Å². The third-order valence-corrected chi connectivity index (χ3v) is 27.7. The van der Waals surface area contributed by atoms with Gasteiger partial charge in [0.25, 0.3) is 0 Å². The Bertz CT molecular complexity index is 654. The average molecular weight is 681 g/mol. The molecule has 0 amide bonds. The molecule has 0 aromatic rings. The van der Waals surface area contributed by atoms with Crippen LogP contribution in [0.3, 0.4) is 0 Å². The van der Waals surface area contributed by atoms with Gasteiger partial charge in [0.2, 0.25) is 0 Å². The Balaban J connectivity index is 3.14. The maximum atomic E-state index is 7.40. The molecular formula is C36H72O4Si4. The first-order chi connectivity index (χ1) is 21.1. The van der Waals surface area contributed by atoms with Crippen LogP contribution in [-0.2, 0) is 16.5 Å². The summed E-state index contributed by atoms with van der Waals surface area (Å²) in [5.41, 5.74) is 0. The normalized spacial score (nSPS) is 27.4. The van der Waals surface area contributed by atoms with Crippen molar-refractivity contribution in [2.24, 2.45) is 0 Å². The van der Waals surface area contributed by atoms with Gasteiger partial charge in [-0.1, -0.05) is 101 Å². The zero-order valence-corrected chi connectivity index (χ0v) is 33.7. The fourth-order valence-electron chi connectivity index (χ4n) is 6.67. The highest BCUT2D eigenvalue weighted by molar-refractivity contribution is 6.93. The van der Waals surface area contributed by atoms with Gasteiger partial charge in [0.05, 0.1) is 0 Å². The first-order valence-corrected chi connectivity index (χ1v) is 28.4. The summed E-state index contributed by atoms with van der Waals surface area (Å²) in [6.07, 6.45) is 32.1. The molecule has 0 saturated carbocycles. The lowest BCUT2D eigenvalue weighted by molar-refractivity contribution is 0.219. The molecule has 8 heteroatoms. The summed E-state index contributed by atoms with van der Waals surface area (Å²) in [6.45, 7) is 24.9. The molecule has 0 N–H and O–H groups in total. The van der Waals surface area contributed by atoms with E-state index in [0.717, 1.165) is 75.5 Å². The van der Waals surface area contributed by atoms with Crippen molar-refractivity contribution >= 4 is 34.2 Å². The summed E-state index contributed by atoms with van der Waals surface area (Å²) >= 11 is 0. The van der Waals surface area contributed by atoms with Gasteiger partial charge < -0.3 is 16.5 Å². The van der Waals surface area contributed by atoms with Crippen molar-refractivity contribution in [3.05, 3.63) is 50.6 Å². The van der Waals surface area contributed by atoms with E-state index < -0.39 is 34.2 Å². The zero-order chi connectivity index (χ0) is 32.6. The Morgan fingerprint density at radius 2 is 0.500 bits per heavy atom.